The Balaban J connectivity index is 1.67. The van der Waals surface area contributed by atoms with E-state index >= 15 is 0 Å². The number of hydrogen-bond donors (Lipinski definition) is 4. The van der Waals surface area contributed by atoms with Gasteiger partial charge in [-0.25, -0.2) is 9.48 Å². The molecular weight excluding hydrogens is 436 g/mol. The summed E-state index contributed by atoms with van der Waals surface area (Å²) in [4.78, 5) is 25.4. The number of aromatic nitrogens is 4. The van der Waals surface area contributed by atoms with Crippen LogP contribution in [0.1, 0.15) is 6.92 Å². The number of carboxylic acid groups (broad SMARTS) is 1. The van der Waals surface area contributed by atoms with E-state index in [1.807, 2.05) is 4.72 Å². The van der Waals surface area contributed by atoms with Gasteiger partial charge in [0, 0.05) is 17.2 Å². The first-order chi connectivity index (χ1) is 13.1. The van der Waals surface area contributed by atoms with Gasteiger partial charge >= 0.3 is 16.3 Å². The summed E-state index contributed by atoms with van der Waals surface area (Å²) in [5, 5.41) is 30.1. The average Bonchev–Trinajstić information content (AvgIpc) is 3.13. The second kappa shape index (κ2) is 7.96. The normalized spacial score (nSPS) is 23.0. The van der Waals surface area contributed by atoms with E-state index < -0.39 is 39.6 Å². The third kappa shape index (κ3) is 4.15. The number of amides is 1. The fourth-order valence-corrected chi connectivity index (χ4v) is 5.77. The number of fused-ring (bicyclic) bond motifs is 1. The maximum Gasteiger partial charge on any atom is 0.353 e. The topological polar surface area (TPSA) is 188 Å². The number of thioether (sulfide) groups is 2. The van der Waals surface area contributed by atoms with E-state index in [1.54, 1.807) is 0 Å². The number of aliphatic carboxylic acids is 1. The molecule has 2 aliphatic heterocycles. The van der Waals surface area contributed by atoms with Gasteiger partial charge in [-0.05, 0) is 17.4 Å². The lowest BCUT2D eigenvalue weighted by molar-refractivity contribution is -0.156. The standard InChI is InChI=1S/C12H16N6O7S3/c1-5(19)7-9(20)18-8(11(21)22)6(27-10(7)18)4-26-12-14-15-16-17(12)3-2-13-28(23,24)25/h5,7,10,13,19H,2-4H2,1H3,(H,21,22)(H,23,24,25)/t5?,7-,10+/m0/s1. The Morgan fingerprint density at radius 2 is 2.18 bits per heavy atom. The third-order valence-electron chi connectivity index (χ3n) is 4.01. The summed E-state index contributed by atoms with van der Waals surface area (Å²) < 4.78 is 33.2. The van der Waals surface area contributed by atoms with Gasteiger partial charge in [0.2, 0.25) is 11.1 Å². The zero-order valence-corrected chi connectivity index (χ0v) is 16.7. The van der Waals surface area contributed by atoms with Crippen LogP contribution < -0.4 is 4.72 Å². The van der Waals surface area contributed by atoms with Gasteiger partial charge in [-0.2, -0.15) is 13.1 Å². The number of nitrogens with zero attached hydrogens (tertiary/aromatic N) is 5. The second-order valence-corrected chi connectivity index (χ2v) is 9.30. The molecule has 1 unspecified atom stereocenters. The second-order valence-electron chi connectivity index (χ2n) is 5.90. The van der Waals surface area contributed by atoms with Crippen LogP contribution in [0.5, 0.6) is 0 Å². The smallest absolute Gasteiger partial charge is 0.353 e. The van der Waals surface area contributed by atoms with E-state index in [9.17, 15) is 28.2 Å². The molecule has 0 saturated carbocycles. The summed E-state index contributed by atoms with van der Waals surface area (Å²) in [6.45, 7) is 1.39. The van der Waals surface area contributed by atoms with Crippen molar-refractivity contribution >= 4 is 45.7 Å². The van der Waals surface area contributed by atoms with Crippen molar-refractivity contribution in [1.29, 1.82) is 0 Å². The minimum absolute atomic E-state index is 0.0461. The summed E-state index contributed by atoms with van der Waals surface area (Å²) >= 11 is 2.32. The van der Waals surface area contributed by atoms with E-state index in [0.29, 0.717) is 10.1 Å². The number of aliphatic hydroxyl groups is 1. The van der Waals surface area contributed by atoms with Gasteiger partial charge in [-0.15, -0.1) is 16.9 Å². The van der Waals surface area contributed by atoms with Gasteiger partial charge in [0.05, 0.1) is 18.6 Å². The Morgan fingerprint density at radius 3 is 2.79 bits per heavy atom. The largest absolute Gasteiger partial charge is 0.477 e. The summed E-state index contributed by atoms with van der Waals surface area (Å²) in [6.07, 6.45) is -0.883. The molecule has 154 valence electrons. The number of β-lactam (4-membered cyclic amide) rings is 1. The van der Waals surface area contributed by atoms with E-state index in [4.69, 9.17) is 4.55 Å². The number of nitrogens with one attached hydrogen (secondary N) is 1. The number of hydrogen-bond acceptors (Lipinski definition) is 10. The monoisotopic (exact) mass is 452 g/mol. The predicted molar refractivity (Wildman–Crippen MR) is 96.1 cm³/mol. The van der Waals surface area contributed by atoms with Crippen LogP contribution in [-0.2, 0) is 26.4 Å². The molecule has 28 heavy (non-hydrogen) atoms. The first-order valence-corrected chi connectivity index (χ1v) is 11.2. The highest BCUT2D eigenvalue weighted by molar-refractivity contribution is 8.06. The number of aliphatic hydroxyl groups excluding tert-OH is 1. The lowest BCUT2D eigenvalue weighted by Crippen LogP contribution is -2.60. The number of carbonyl (C=O) groups is 2. The number of carboxylic acids is 1. The van der Waals surface area contributed by atoms with Gasteiger partial charge in [0.25, 0.3) is 0 Å². The highest BCUT2D eigenvalue weighted by atomic mass is 32.2. The molecule has 1 amide bonds. The summed E-state index contributed by atoms with van der Waals surface area (Å²) in [7, 11) is -4.33. The molecule has 0 aromatic carbocycles. The summed E-state index contributed by atoms with van der Waals surface area (Å²) in [5.41, 5.74) is -0.114. The Labute approximate surface area is 167 Å². The van der Waals surface area contributed by atoms with Gasteiger partial charge < -0.3 is 10.2 Å². The molecule has 3 rings (SSSR count). The highest BCUT2D eigenvalue weighted by Crippen LogP contribution is 2.51. The average molecular weight is 452 g/mol. The lowest BCUT2D eigenvalue weighted by atomic mass is 9.92. The Hall–Kier alpha value is -1.72. The van der Waals surface area contributed by atoms with Crippen LogP contribution >= 0.6 is 23.5 Å². The fourth-order valence-electron chi connectivity index (χ4n) is 2.81. The Morgan fingerprint density at radius 1 is 1.46 bits per heavy atom. The van der Waals surface area contributed by atoms with Crippen molar-refractivity contribution in [1.82, 2.24) is 29.8 Å². The van der Waals surface area contributed by atoms with Crippen LogP contribution in [0.15, 0.2) is 15.8 Å². The van der Waals surface area contributed by atoms with Crippen molar-refractivity contribution in [2.75, 3.05) is 12.3 Å². The van der Waals surface area contributed by atoms with E-state index in [2.05, 4.69) is 15.5 Å². The lowest BCUT2D eigenvalue weighted by Gasteiger charge is -2.43. The maximum absolute atomic E-state index is 12.2. The van der Waals surface area contributed by atoms with Gasteiger partial charge in [-0.3, -0.25) is 14.2 Å². The van der Waals surface area contributed by atoms with Crippen molar-refractivity contribution in [2.24, 2.45) is 5.92 Å². The van der Waals surface area contributed by atoms with Gasteiger partial charge in [-0.1, -0.05) is 11.8 Å². The minimum Gasteiger partial charge on any atom is -0.477 e. The molecular formula is C12H16N6O7S3. The first-order valence-electron chi connectivity index (χ1n) is 7.85. The molecule has 1 saturated heterocycles. The SMILES string of the molecule is CC(O)[C@H]1C(=O)N2C(C(=O)O)=C(CSc3nnnn3CCNS(=O)(=O)O)S[C@H]12. The number of tetrazole rings is 1. The van der Waals surface area contributed by atoms with E-state index in [0.717, 1.165) is 11.8 Å². The number of rotatable bonds is 9. The van der Waals surface area contributed by atoms with Crippen LogP contribution in [0.25, 0.3) is 0 Å². The van der Waals surface area contributed by atoms with Crippen LogP contribution in [0, 0.1) is 5.92 Å². The third-order valence-corrected chi connectivity index (χ3v) is 7.12. The Kier molecular flexibility index (Phi) is 5.97. The van der Waals surface area contributed by atoms with Crippen LogP contribution in [-0.4, -0.2) is 83.9 Å². The molecule has 1 fully saturated rings. The van der Waals surface area contributed by atoms with Crippen LogP contribution in [0.3, 0.4) is 0 Å². The molecule has 0 spiro atoms. The molecule has 0 aliphatic carbocycles. The molecule has 1 aromatic rings. The summed E-state index contributed by atoms with van der Waals surface area (Å²) in [6, 6.07) is 0. The molecule has 1 aromatic heterocycles. The Bertz CT molecular complexity index is 930. The first kappa shape index (κ1) is 21.0. The maximum atomic E-state index is 12.2. The fraction of sp³-hybridized carbons (Fsp3) is 0.583. The molecule has 3 atom stereocenters. The minimum atomic E-state index is -4.33. The van der Waals surface area contributed by atoms with Gasteiger partial charge in [0.15, 0.2) is 0 Å². The molecule has 4 N–H and O–H groups in total. The molecule has 0 radical (unpaired) electrons. The molecule has 13 nitrogen and oxygen atoms in total. The van der Waals surface area contributed by atoms with Crippen LogP contribution in [0.2, 0.25) is 0 Å². The highest BCUT2D eigenvalue weighted by Gasteiger charge is 2.57. The van der Waals surface area contributed by atoms with E-state index in [-0.39, 0.29) is 24.5 Å². The van der Waals surface area contributed by atoms with Crippen molar-refractivity contribution in [2.45, 2.75) is 30.1 Å². The van der Waals surface area contributed by atoms with Crippen LogP contribution in [0.4, 0.5) is 0 Å². The molecule has 0 bridgehead atoms. The number of carbonyl (C=O) groups excluding carboxylic acids is 1. The quantitative estimate of drug-likeness (QED) is 0.190. The zero-order chi connectivity index (χ0) is 20.6. The van der Waals surface area contributed by atoms with Gasteiger partial charge in [0.1, 0.15) is 11.1 Å². The summed E-state index contributed by atoms with van der Waals surface area (Å²) in [5.74, 6) is -2.14. The molecule has 2 aliphatic rings. The van der Waals surface area contributed by atoms with Crippen molar-refractivity contribution in [3.63, 3.8) is 0 Å². The zero-order valence-electron chi connectivity index (χ0n) is 14.3. The van der Waals surface area contributed by atoms with Crippen molar-refractivity contribution < 1.29 is 32.8 Å². The van der Waals surface area contributed by atoms with Crippen molar-refractivity contribution in [3.05, 3.63) is 10.6 Å². The molecule has 3 heterocycles. The van der Waals surface area contributed by atoms with Crippen molar-refractivity contribution in [3.8, 4) is 0 Å². The molecule has 16 heteroatoms. The van der Waals surface area contributed by atoms with E-state index in [1.165, 1.54) is 28.3 Å². The predicted octanol–water partition coefficient (Wildman–Crippen LogP) is -1.63.